The van der Waals surface area contributed by atoms with Gasteiger partial charge in [-0.3, -0.25) is 6.08 Å². The van der Waals surface area contributed by atoms with Crippen LogP contribution in [0.25, 0.3) is 0 Å². The van der Waals surface area contributed by atoms with Gasteiger partial charge in [0.1, 0.15) is 0 Å². The Bertz CT molecular complexity index is 150. The summed E-state index contributed by atoms with van der Waals surface area (Å²) in [4.78, 5) is 0. The molecule has 3 heteroatoms. The molecule has 0 amide bonds. The van der Waals surface area contributed by atoms with E-state index in [0.717, 1.165) is 6.42 Å². The fraction of sp³-hybridized carbons (Fsp3) is 0.500. The van der Waals surface area contributed by atoms with Crippen molar-refractivity contribution >= 4 is 24.8 Å². The average molecular weight is 228 g/mol. The third kappa shape index (κ3) is 5.98. The predicted molar refractivity (Wildman–Crippen MR) is 49.9 cm³/mol. The van der Waals surface area contributed by atoms with Crippen LogP contribution in [0.3, 0.4) is 0 Å². The molecular formula is C8H13Cl2Ti-. The van der Waals surface area contributed by atoms with Crippen LogP contribution in [-0.4, -0.2) is 0 Å². The van der Waals surface area contributed by atoms with E-state index in [1.54, 1.807) is 0 Å². The fourth-order valence-electron chi connectivity index (χ4n) is 0.888. The molecule has 0 aromatic heterocycles. The molecule has 1 rings (SSSR count). The molecule has 1 aliphatic carbocycles. The van der Waals surface area contributed by atoms with E-state index in [2.05, 4.69) is 26.0 Å². The molecule has 0 N–H and O–H groups in total. The van der Waals surface area contributed by atoms with Crippen molar-refractivity contribution < 1.29 is 21.7 Å². The summed E-state index contributed by atoms with van der Waals surface area (Å²) in [5, 5.41) is 0. The van der Waals surface area contributed by atoms with Crippen LogP contribution in [-0.2, 0) is 21.7 Å². The molecule has 11 heavy (non-hydrogen) atoms. The first-order chi connectivity index (χ1) is 3.83. The monoisotopic (exact) mass is 227 g/mol. The Morgan fingerprint density at radius 2 is 2.00 bits per heavy atom. The van der Waals surface area contributed by atoms with Crippen molar-refractivity contribution in [2.75, 3.05) is 0 Å². The van der Waals surface area contributed by atoms with Crippen molar-refractivity contribution in [3.05, 3.63) is 23.3 Å². The van der Waals surface area contributed by atoms with Crippen LogP contribution in [0.4, 0.5) is 0 Å². The first-order valence-corrected chi connectivity index (χ1v) is 3.10. The molecule has 0 saturated carbocycles. The van der Waals surface area contributed by atoms with Gasteiger partial charge in [-0.05, 0) is 0 Å². The summed E-state index contributed by atoms with van der Waals surface area (Å²) in [6, 6.07) is 0. The van der Waals surface area contributed by atoms with Gasteiger partial charge in [0, 0.05) is 21.7 Å². The molecule has 0 unspecified atom stereocenters. The molecule has 0 fully saturated rings. The largest absolute Gasteiger partial charge is 0.269 e. The number of hydrogen-bond donors (Lipinski definition) is 0. The molecule has 0 nitrogen and oxygen atoms in total. The standard InChI is InChI=1S/C8H11.2ClH.Ti/c1-3-8-5-4-7(2)6-8;;;/h6H,3,5H2,1-2H3;2*1H;/q-1;;;. The Hall–Kier alpha value is 0.774. The molecule has 0 aromatic rings. The Morgan fingerprint density at radius 3 is 2.18 bits per heavy atom. The van der Waals surface area contributed by atoms with E-state index in [-0.39, 0.29) is 46.5 Å². The smallest absolute Gasteiger partial charge is 0 e. The normalized spacial score (nSPS) is 13.3. The van der Waals surface area contributed by atoms with E-state index < -0.39 is 0 Å². The predicted octanol–water partition coefficient (Wildman–Crippen LogP) is 3.32. The van der Waals surface area contributed by atoms with Gasteiger partial charge in [-0.15, -0.1) is 31.2 Å². The van der Waals surface area contributed by atoms with Crippen LogP contribution in [0.2, 0.25) is 0 Å². The molecule has 0 atom stereocenters. The average Bonchev–Trinajstić information content (AvgIpc) is 2.14. The second-order valence-corrected chi connectivity index (χ2v) is 2.19. The quantitative estimate of drug-likeness (QED) is 0.477. The zero-order valence-electron chi connectivity index (χ0n) is 6.81. The van der Waals surface area contributed by atoms with Crippen molar-refractivity contribution in [1.29, 1.82) is 0 Å². The number of hydrogen-bond acceptors (Lipinski definition) is 0. The number of rotatable bonds is 1. The van der Waals surface area contributed by atoms with Gasteiger partial charge in [0.15, 0.2) is 0 Å². The van der Waals surface area contributed by atoms with Gasteiger partial charge in [-0.25, -0.2) is 11.6 Å². The van der Waals surface area contributed by atoms with Gasteiger partial charge in [-0.2, -0.15) is 5.57 Å². The minimum atomic E-state index is 0. The molecular weight excluding hydrogens is 215 g/mol. The van der Waals surface area contributed by atoms with Gasteiger partial charge in [0.25, 0.3) is 0 Å². The van der Waals surface area contributed by atoms with Gasteiger partial charge in [-0.1, -0.05) is 20.3 Å². The van der Waals surface area contributed by atoms with Gasteiger partial charge in [0.2, 0.25) is 0 Å². The van der Waals surface area contributed by atoms with E-state index in [9.17, 15) is 0 Å². The maximum Gasteiger partial charge on any atom is 0 e. The molecule has 1 aliphatic rings. The SMILES string of the molecule is CCC1=CC(C)=[C-]C1.Cl.Cl.[Ti]. The minimum absolute atomic E-state index is 0. The second-order valence-electron chi connectivity index (χ2n) is 2.19. The topological polar surface area (TPSA) is 0 Å². The third-order valence-electron chi connectivity index (χ3n) is 1.47. The summed E-state index contributed by atoms with van der Waals surface area (Å²) in [6.07, 6.45) is 7.72. The van der Waals surface area contributed by atoms with Crippen molar-refractivity contribution in [3.63, 3.8) is 0 Å². The van der Waals surface area contributed by atoms with Crippen molar-refractivity contribution in [2.45, 2.75) is 26.7 Å². The Kier molecular flexibility index (Phi) is 14.3. The van der Waals surface area contributed by atoms with Crippen molar-refractivity contribution in [2.24, 2.45) is 0 Å². The summed E-state index contributed by atoms with van der Waals surface area (Å²) < 4.78 is 0. The molecule has 64 valence electrons. The molecule has 0 aromatic carbocycles. The molecule has 0 spiro atoms. The van der Waals surface area contributed by atoms with Crippen LogP contribution in [0.1, 0.15) is 26.7 Å². The van der Waals surface area contributed by atoms with Crippen LogP contribution in [0, 0.1) is 6.08 Å². The number of allylic oxidation sites excluding steroid dienone is 4. The summed E-state index contributed by atoms with van der Waals surface area (Å²) in [6.45, 7) is 4.29. The Balaban J connectivity index is -0.000000213. The fourth-order valence-corrected chi connectivity index (χ4v) is 0.888. The van der Waals surface area contributed by atoms with E-state index in [1.807, 2.05) is 0 Å². The first-order valence-electron chi connectivity index (χ1n) is 3.10. The van der Waals surface area contributed by atoms with E-state index in [0.29, 0.717) is 0 Å². The third-order valence-corrected chi connectivity index (χ3v) is 1.47. The molecule has 0 saturated heterocycles. The first kappa shape index (κ1) is 17.8. The Morgan fingerprint density at radius 1 is 1.45 bits per heavy atom. The molecule has 0 aliphatic heterocycles. The summed E-state index contributed by atoms with van der Waals surface area (Å²) in [7, 11) is 0. The van der Waals surface area contributed by atoms with E-state index >= 15 is 0 Å². The zero-order valence-corrected chi connectivity index (χ0v) is 10.0. The van der Waals surface area contributed by atoms with Crippen LogP contribution < -0.4 is 0 Å². The van der Waals surface area contributed by atoms with Crippen LogP contribution >= 0.6 is 24.8 Å². The maximum atomic E-state index is 3.24. The van der Waals surface area contributed by atoms with Gasteiger partial charge >= 0.3 is 0 Å². The zero-order chi connectivity index (χ0) is 5.98. The number of halogens is 2. The van der Waals surface area contributed by atoms with Crippen molar-refractivity contribution in [1.82, 2.24) is 0 Å². The van der Waals surface area contributed by atoms with Gasteiger partial charge in [0.05, 0.1) is 0 Å². The molecule has 0 bridgehead atoms. The van der Waals surface area contributed by atoms with E-state index in [1.165, 1.54) is 17.6 Å². The molecule has 0 radical (unpaired) electrons. The van der Waals surface area contributed by atoms with E-state index in [4.69, 9.17) is 0 Å². The minimum Gasteiger partial charge on any atom is -0.269 e. The summed E-state index contributed by atoms with van der Waals surface area (Å²) in [5.41, 5.74) is 2.82. The Labute approximate surface area is 96.2 Å². The summed E-state index contributed by atoms with van der Waals surface area (Å²) in [5.74, 6) is 0. The maximum absolute atomic E-state index is 3.24. The van der Waals surface area contributed by atoms with Crippen LogP contribution in [0.15, 0.2) is 17.2 Å². The summed E-state index contributed by atoms with van der Waals surface area (Å²) >= 11 is 0. The second kappa shape index (κ2) is 8.87. The van der Waals surface area contributed by atoms with Crippen LogP contribution in [0.5, 0.6) is 0 Å². The van der Waals surface area contributed by atoms with Crippen molar-refractivity contribution in [3.8, 4) is 0 Å². The molecule has 0 heterocycles. The van der Waals surface area contributed by atoms with Gasteiger partial charge < -0.3 is 0 Å².